The molecule has 0 amide bonds. The molecule has 0 fully saturated rings. The van der Waals surface area contributed by atoms with E-state index >= 15 is 0 Å². The van der Waals surface area contributed by atoms with Gasteiger partial charge >= 0.3 is 0 Å². The summed E-state index contributed by atoms with van der Waals surface area (Å²) < 4.78 is 13.8. The molecule has 0 spiro atoms. The van der Waals surface area contributed by atoms with Crippen LogP contribution in [-0.2, 0) is 0 Å². The van der Waals surface area contributed by atoms with E-state index < -0.39 is 0 Å². The number of hydrogen-bond donors (Lipinski definition) is 1. The summed E-state index contributed by atoms with van der Waals surface area (Å²) in [5.74, 6) is 0.874. The lowest BCUT2D eigenvalue weighted by Gasteiger charge is -2.20. The Labute approximate surface area is 117 Å². The summed E-state index contributed by atoms with van der Waals surface area (Å²) in [5, 5.41) is 3.53. The predicted octanol–water partition coefficient (Wildman–Crippen LogP) is 4.32. The second kappa shape index (κ2) is 5.35. The average Bonchev–Trinajstić information content (AvgIpc) is 2.83. The lowest BCUT2D eigenvalue weighted by molar-refractivity contribution is 0.479. The normalized spacial score (nSPS) is 19.2. The molecule has 0 saturated carbocycles. The van der Waals surface area contributed by atoms with Gasteiger partial charge in [0.1, 0.15) is 5.82 Å². The van der Waals surface area contributed by atoms with E-state index in [1.54, 1.807) is 6.07 Å². The van der Waals surface area contributed by atoms with E-state index in [4.69, 9.17) is 0 Å². The van der Waals surface area contributed by atoms with Gasteiger partial charge in [-0.05, 0) is 24.6 Å². The summed E-state index contributed by atoms with van der Waals surface area (Å²) in [6, 6.07) is 15.7. The van der Waals surface area contributed by atoms with Crippen LogP contribution >= 0.6 is 11.8 Å². The van der Waals surface area contributed by atoms with Crippen molar-refractivity contribution in [3.63, 3.8) is 0 Å². The van der Waals surface area contributed by atoms with E-state index in [0.717, 1.165) is 11.3 Å². The first kappa shape index (κ1) is 12.7. The average molecular weight is 273 g/mol. The number of hydrogen-bond acceptors (Lipinski definition) is 2. The molecular formula is C16H16FNS. The van der Waals surface area contributed by atoms with E-state index in [-0.39, 0.29) is 11.9 Å². The van der Waals surface area contributed by atoms with Gasteiger partial charge < -0.3 is 5.32 Å². The summed E-state index contributed by atoms with van der Waals surface area (Å²) in [7, 11) is 0. The molecule has 3 heteroatoms. The van der Waals surface area contributed by atoms with Crippen LogP contribution in [0.15, 0.2) is 53.4 Å². The van der Waals surface area contributed by atoms with Crippen molar-refractivity contribution in [2.75, 3.05) is 5.75 Å². The summed E-state index contributed by atoms with van der Waals surface area (Å²) in [6.07, 6.45) is 0. The van der Waals surface area contributed by atoms with Gasteiger partial charge in [0.05, 0.1) is 0 Å². The van der Waals surface area contributed by atoms with Gasteiger partial charge in [0.25, 0.3) is 0 Å². The molecule has 2 atom stereocenters. The molecule has 2 aromatic carbocycles. The maximum absolute atomic E-state index is 13.8. The van der Waals surface area contributed by atoms with Crippen LogP contribution in [0.4, 0.5) is 4.39 Å². The Balaban J connectivity index is 1.78. The lowest BCUT2D eigenvalue weighted by Crippen LogP contribution is -2.25. The van der Waals surface area contributed by atoms with Crippen LogP contribution in [0.3, 0.4) is 0 Å². The number of halogens is 1. The largest absolute Gasteiger partial charge is 0.302 e. The molecule has 19 heavy (non-hydrogen) atoms. The highest BCUT2D eigenvalue weighted by Gasteiger charge is 2.24. The fourth-order valence-corrected chi connectivity index (χ4v) is 3.69. The molecule has 0 aliphatic carbocycles. The molecule has 1 aliphatic heterocycles. The van der Waals surface area contributed by atoms with E-state index in [2.05, 4.69) is 29.6 Å². The van der Waals surface area contributed by atoms with Crippen LogP contribution in [0.2, 0.25) is 0 Å². The van der Waals surface area contributed by atoms with Gasteiger partial charge in [-0.3, -0.25) is 0 Å². The summed E-state index contributed by atoms with van der Waals surface area (Å²) in [4.78, 5) is 1.33. The fraction of sp³-hybridized carbons (Fsp3) is 0.250. The Morgan fingerprint density at radius 1 is 1.16 bits per heavy atom. The summed E-state index contributed by atoms with van der Waals surface area (Å²) in [6.45, 7) is 2.02. The zero-order valence-corrected chi connectivity index (χ0v) is 11.6. The Hall–Kier alpha value is -1.32. The van der Waals surface area contributed by atoms with Crippen molar-refractivity contribution in [2.24, 2.45) is 0 Å². The topological polar surface area (TPSA) is 12.0 Å². The van der Waals surface area contributed by atoms with Gasteiger partial charge in [-0.25, -0.2) is 4.39 Å². The molecule has 0 saturated heterocycles. The molecular weight excluding hydrogens is 257 g/mol. The molecule has 3 rings (SSSR count). The number of rotatable bonds is 3. The molecule has 1 aliphatic rings. The zero-order valence-electron chi connectivity index (χ0n) is 10.8. The highest BCUT2D eigenvalue weighted by molar-refractivity contribution is 7.99. The zero-order chi connectivity index (χ0) is 13.2. The number of benzene rings is 2. The van der Waals surface area contributed by atoms with Crippen LogP contribution in [0.5, 0.6) is 0 Å². The van der Waals surface area contributed by atoms with Gasteiger partial charge in [0.2, 0.25) is 0 Å². The predicted molar refractivity (Wildman–Crippen MR) is 77.9 cm³/mol. The highest BCUT2D eigenvalue weighted by Crippen LogP contribution is 2.38. The van der Waals surface area contributed by atoms with Crippen LogP contribution in [0, 0.1) is 5.82 Å². The van der Waals surface area contributed by atoms with Crippen molar-refractivity contribution < 1.29 is 4.39 Å². The quantitative estimate of drug-likeness (QED) is 0.893. The Bertz CT molecular complexity index is 584. The summed E-state index contributed by atoms with van der Waals surface area (Å²) >= 11 is 1.86. The monoisotopic (exact) mass is 273 g/mol. The van der Waals surface area contributed by atoms with Crippen molar-refractivity contribution >= 4 is 11.8 Å². The maximum atomic E-state index is 13.8. The smallest absolute Gasteiger partial charge is 0.127 e. The summed E-state index contributed by atoms with van der Waals surface area (Å²) in [5.41, 5.74) is 2.06. The molecule has 1 unspecified atom stereocenters. The van der Waals surface area contributed by atoms with E-state index in [0.29, 0.717) is 6.04 Å². The molecule has 0 aromatic heterocycles. The molecule has 0 bridgehead atoms. The van der Waals surface area contributed by atoms with Crippen molar-refractivity contribution in [2.45, 2.75) is 23.9 Å². The van der Waals surface area contributed by atoms with Gasteiger partial charge in [-0.15, -0.1) is 11.8 Å². The third-order valence-electron chi connectivity index (χ3n) is 3.52. The lowest BCUT2D eigenvalue weighted by atomic mass is 10.0. The third kappa shape index (κ3) is 2.53. The molecule has 98 valence electrons. The number of nitrogens with one attached hydrogen (secondary N) is 1. The van der Waals surface area contributed by atoms with Crippen molar-refractivity contribution in [3.05, 3.63) is 65.5 Å². The van der Waals surface area contributed by atoms with Crippen LogP contribution in [-0.4, -0.2) is 5.75 Å². The second-order valence-corrected chi connectivity index (χ2v) is 5.87. The fourth-order valence-electron chi connectivity index (χ4n) is 2.52. The third-order valence-corrected chi connectivity index (χ3v) is 4.71. The van der Waals surface area contributed by atoms with E-state index in [1.165, 1.54) is 16.5 Å². The van der Waals surface area contributed by atoms with E-state index in [1.807, 2.05) is 30.8 Å². The van der Waals surface area contributed by atoms with Crippen molar-refractivity contribution in [3.8, 4) is 0 Å². The van der Waals surface area contributed by atoms with Crippen LogP contribution in [0.1, 0.15) is 30.1 Å². The minimum absolute atomic E-state index is 0.0120. The SMILES string of the molecule is C[C@@H](NC1CSc2ccccc21)c1ccccc1F. The maximum Gasteiger partial charge on any atom is 0.127 e. The van der Waals surface area contributed by atoms with Crippen molar-refractivity contribution in [1.82, 2.24) is 5.32 Å². The van der Waals surface area contributed by atoms with Gasteiger partial charge in [0, 0.05) is 28.3 Å². The Morgan fingerprint density at radius 2 is 1.89 bits per heavy atom. The van der Waals surface area contributed by atoms with Crippen LogP contribution < -0.4 is 5.32 Å². The minimum Gasteiger partial charge on any atom is -0.302 e. The minimum atomic E-state index is -0.138. The van der Waals surface area contributed by atoms with Crippen molar-refractivity contribution in [1.29, 1.82) is 0 Å². The Morgan fingerprint density at radius 3 is 2.74 bits per heavy atom. The van der Waals surface area contributed by atoms with E-state index in [9.17, 15) is 4.39 Å². The molecule has 0 radical (unpaired) electrons. The van der Waals surface area contributed by atoms with Gasteiger partial charge in [-0.2, -0.15) is 0 Å². The van der Waals surface area contributed by atoms with Crippen LogP contribution in [0.25, 0.3) is 0 Å². The molecule has 1 nitrogen and oxygen atoms in total. The molecule has 1 heterocycles. The standard InChI is InChI=1S/C16H16FNS/c1-11(12-6-2-4-8-14(12)17)18-15-10-19-16-9-5-3-7-13(15)16/h2-9,11,15,18H,10H2,1H3/t11-,15?/m1/s1. The molecule has 2 aromatic rings. The first-order chi connectivity index (χ1) is 9.25. The number of fused-ring (bicyclic) bond motifs is 1. The molecule has 1 N–H and O–H groups in total. The second-order valence-electron chi connectivity index (χ2n) is 4.81. The first-order valence-corrected chi connectivity index (χ1v) is 7.46. The number of thioether (sulfide) groups is 1. The van der Waals surface area contributed by atoms with Gasteiger partial charge in [-0.1, -0.05) is 36.4 Å². The van der Waals surface area contributed by atoms with Gasteiger partial charge in [0.15, 0.2) is 0 Å². The first-order valence-electron chi connectivity index (χ1n) is 6.48. The highest BCUT2D eigenvalue weighted by atomic mass is 32.2. The Kier molecular flexibility index (Phi) is 3.58.